The molecule has 0 aromatic heterocycles. The molecule has 27 heavy (non-hydrogen) atoms. The van der Waals surface area contributed by atoms with Gasteiger partial charge in [0.25, 0.3) is 11.8 Å². The Morgan fingerprint density at radius 1 is 1.11 bits per heavy atom. The maximum absolute atomic E-state index is 12.2. The maximum atomic E-state index is 12.2. The van der Waals surface area contributed by atoms with Crippen LogP contribution < -0.4 is 15.4 Å². The van der Waals surface area contributed by atoms with E-state index in [1.54, 1.807) is 42.5 Å². The Morgan fingerprint density at radius 2 is 1.81 bits per heavy atom. The molecule has 2 amide bonds. The number of nitrogens with one attached hydrogen (secondary N) is 2. The molecule has 0 heterocycles. The second-order valence-electron chi connectivity index (χ2n) is 6.36. The highest BCUT2D eigenvalue weighted by molar-refractivity contribution is 6.34. The molecule has 6 nitrogen and oxygen atoms in total. The Kier molecular flexibility index (Phi) is 5.76. The average Bonchev–Trinajstić information content (AvgIpc) is 3.46. The van der Waals surface area contributed by atoms with Gasteiger partial charge in [0.05, 0.1) is 10.6 Å². The van der Waals surface area contributed by atoms with Crippen LogP contribution in [0.25, 0.3) is 0 Å². The molecule has 0 aliphatic heterocycles. The van der Waals surface area contributed by atoms with Crippen molar-refractivity contribution in [1.29, 1.82) is 0 Å². The van der Waals surface area contributed by atoms with Crippen molar-refractivity contribution in [3.05, 3.63) is 58.6 Å². The van der Waals surface area contributed by atoms with Crippen LogP contribution in [-0.2, 0) is 4.79 Å². The number of carbonyl (C=O) groups is 3. The number of benzene rings is 2. The molecular weight excluding hydrogens is 368 g/mol. The van der Waals surface area contributed by atoms with E-state index in [2.05, 4.69) is 10.6 Å². The summed E-state index contributed by atoms with van der Waals surface area (Å²) in [6.07, 6.45) is 1.95. The lowest BCUT2D eigenvalue weighted by Gasteiger charge is -2.10. The van der Waals surface area contributed by atoms with Crippen LogP contribution in [0.4, 0.5) is 5.69 Å². The van der Waals surface area contributed by atoms with Crippen molar-refractivity contribution in [3.63, 3.8) is 0 Å². The van der Waals surface area contributed by atoms with E-state index in [0.29, 0.717) is 27.6 Å². The molecule has 0 spiro atoms. The van der Waals surface area contributed by atoms with Crippen LogP contribution >= 0.6 is 11.6 Å². The molecule has 0 atom stereocenters. The van der Waals surface area contributed by atoms with Crippen LogP contribution in [0.2, 0.25) is 5.02 Å². The summed E-state index contributed by atoms with van der Waals surface area (Å²) in [5, 5.41) is 5.87. The number of ketones is 1. The van der Waals surface area contributed by atoms with Gasteiger partial charge >= 0.3 is 0 Å². The van der Waals surface area contributed by atoms with Gasteiger partial charge in [-0.3, -0.25) is 14.4 Å². The summed E-state index contributed by atoms with van der Waals surface area (Å²) < 4.78 is 5.41. The van der Waals surface area contributed by atoms with Gasteiger partial charge in [-0.05, 0) is 62.2 Å². The minimum absolute atomic E-state index is 0.0384. The zero-order chi connectivity index (χ0) is 19.4. The fourth-order valence-electron chi connectivity index (χ4n) is 2.40. The van der Waals surface area contributed by atoms with Crippen molar-refractivity contribution in [1.82, 2.24) is 5.32 Å². The van der Waals surface area contributed by atoms with E-state index < -0.39 is 0 Å². The summed E-state index contributed by atoms with van der Waals surface area (Å²) in [5.41, 5.74) is 1.35. The topological polar surface area (TPSA) is 84.5 Å². The first-order chi connectivity index (χ1) is 12.9. The molecule has 1 fully saturated rings. The number of hydrogen-bond acceptors (Lipinski definition) is 4. The van der Waals surface area contributed by atoms with Gasteiger partial charge in [0.15, 0.2) is 12.4 Å². The van der Waals surface area contributed by atoms with E-state index in [1.807, 2.05) is 0 Å². The van der Waals surface area contributed by atoms with Gasteiger partial charge in [0, 0.05) is 17.3 Å². The molecule has 2 N–H and O–H groups in total. The van der Waals surface area contributed by atoms with Gasteiger partial charge < -0.3 is 15.4 Å². The van der Waals surface area contributed by atoms with Crippen molar-refractivity contribution in [2.24, 2.45) is 0 Å². The molecular formula is C20H19ClN2O4. The predicted octanol–water partition coefficient (Wildman–Crippen LogP) is 3.45. The largest absolute Gasteiger partial charge is 0.484 e. The quantitative estimate of drug-likeness (QED) is 0.714. The smallest absolute Gasteiger partial charge is 0.262 e. The van der Waals surface area contributed by atoms with E-state index in [9.17, 15) is 14.4 Å². The fourth-order valence-corrected chi connectivity index (χ4v) is 2.60. The number of anilines is 1. The van der Waals surface area contributed by atoms with Crippen LogP contribution in [-0.4, -0.2) is 30.2 Å². The Hall–Kier alpha value is -2.86. The molecule has 0 bridgehead atoms. The highest BCUT2D eigenvalue weighted by atomic mass is 35.5. The van der Waals surface area contributed by atoms with Gasteiger partial charge in [-0.15, -0.1) is 0 Å². The van der Waals surface area contributed by atoms with Crippen molar-refractivity contribution >= 4 is 34.9 Å². The van der Waals surface area contributed by atoms with E-state index in [4.69, 9.17) is 16.3 Å². The molecule has 0 radical (unpaired) electrons. The lowest BCUT2D eigenvalue weighted by Crippen LogP contribution is -2.26. The first-order valence-electron chi connectivity index (χ1n) is 8.56. The number of Topliss-reactive ketones (excluding diaryl/α,β-unsaturated/α-hetero) is 1. The molecule has 1 aliphatic rings. The van der Waals surface area contributed by atoms with Crippen LogP contribution in [0.5, 0.6) is 5.75 Å². The number of carbonyl (C=O) groups excluding carboxylic acids is 3. The third-order valence-corrected chi connectivity index (χ3v) is 4.37. The second-order valence-corrected chi connectivity index (χ2v) is 6.77. The molecule has 2 aromatic rings. The molecule has 1 saturated carbocycles. The van der Waals surface area contributed by atoms with E-state index >= 15 is 0 Å². The zero-order valence-corrected chi connectivity index (χ0v) is 15.5. The third kappa shape index (κ3) is 5.31. The van der Waals surface area contributed by atoms with Crippen molar-refractivity contribution < 1.29 is 19.1 Å². The standard InChI is InChI=1S/C20H19ClN2O4/c1-12(24)13-2-7-16(8-3-13)27-11-19(25)22-15-6-9-18(21)17(10-15)20(26)23-14-4-5-14/h2-3,6-10,14H,4-5,11H2,1H3,(H,22,25)(H,23,26). The van der Waals surface area contributed by atoms with Crippen molar-refractivity contribution in [2.45, 2.75) is 25.8 Å². The maximum Gasteiger partial charge on any atom is 0.262 e. The van der Waals surface area contributed by atoms with Gasteiger partial charge in [-0.25, -0.2) is 0 Å². The number of ether oxygens (including phenoxy) is 1. The van der Waals surface area contributed by atoms with Crippen LogP contribution in [0.1, 0.15) is 40.5 Å². The summed E-state index contributed by atoms with van der Waals surface area (Å²) in [6.45, 7) is 1.28. The predicted molar refractivity (Wildman–Crippen MR) is 103 cm³/mol. The normalized spacial score (nSPS) is 13.0. The molecule has 2 aromatic carbocycles. The van der Waals surface area contributed by atoms with Crippen LogP contribution in [0.15, 0.2) is 42.5 Å². The molecule has 0 unspecified atom stereocenters. The Morgan fingerprint density at radius 3 is 2.44 bits per heavy atom. The van der Waals surface area contributed by atoms with E-state index in [0.717, 1.165) is 12.8 Å². The monoisotopic (exact) mass is 386 g/mol. The van der Waals surface area contributed by atoms with E-state index in [-0.39, 0.29) is 30.2 Å². The number of halogens is 1. The second kappa shape index (κ2) is 8.22. The lowest BCUT2D eigenvalue weighted by atomic mass is 10.1. The molecule has 7 heteroatoms. The highest BCUT2D eigenvalue weighted by Gasteiger charge is 2.24. The molecule has 0 saturated heterocycles. The minimum atomic E-state index is -0.374. The summed E-state index contributed by atoms with van der Waals surface area (Å²) in [4.78, 5) is 35.5. The van der Waals surface area contributed by atoms with Crippen LogP contribution in [0.3, 0.4) is 0 Å². The third-order valence-electron chi connectivity index (χ3n) is 4.04. The zero-order valence-electron chi connectivity index (χ0n) is 14.8. The number of rotatable bonds is 7. The highest BCUT2D eigenvalue weighted by Crippen LogP contribution is 2.24. The van der Waals surface area contributed by atoms with Gasteiger partial charge in [0.2, 0.25) is 0 Å². The van der Waals surface area contributed by atoms with Crippen molar-refractivity contribution in [3.8, 4) is 5.75 Å². The van der Waals surface area contributed by atoms with E-state index in [1.165, 1.54) is 6.92 Å². The number of hydrogen-bond donors (Lipinski definition) is 2. The van der Waals surface area contributed by atoms with Gasteiger partial charge in [-0.2, -0.15) is 0 Å². The van der Waals surface area contributed by atoms with Crippen molar-refractivity contribution in [2.75, 3.05) is 11.9 Å². The summed E-state index contributed by atoms with van der Waals surface area (Å²) in [6, 6.07) is 11.5. The Balaban J connectivity index is 1.57. The summed E-state index contributed by atoms with van der Waals surface area (Å²) in [7, 11) is 0. The van der Waals surface area contributed by atoms with Gasteiger partial charge in [0.1, 0.15) is 5.75 Å². The van der Waals surface area contributed by atoms with Crippen LogP contribution in [0, 0.1) is 0 Å². The minimum Gasteiger partial charge on any atom is -0.484 e. The summed E-state index contributed by atoms with van der Waals surface area (Å²) in [5.74, 6) is -0.179. The number of amides is 2. The van der Waals surface area contributed by atoms with Gasteiger partial charge in [-0.1, -0.05) is 11.6 Å². The SMILES string of the molecule is CC(=O)c1ccc(OCC(=O)Nc2ccc(Cl)c(C(=O)NC3CC3)c2)cc1. The summed E-state index contributed by atoms with van der Waals surface area (Å²) >= 11 is 6.09. The fraction of sp³-hybridized carbons (Fsp3) is 0.250. The first kappa shape index (κ1) is 18.9. The first-order valence-corrected chi connectivity index (χ1v) is 8.94. The Labute approximate surface area is 161 Å². The molecule has 3 rings (SSSR count). The molecule has 1 aliphatic carbocycles. The average molecular weight is 387 g/mol. The molecule has 140 valence electrons. The Bertz CT molecular complexity index is 876. The lowest BCUT2D eigenvalue weighted by molar-refractivity contribution is -0.118.